The van der Waals surface area contributed by atoms with E-state index in [-0.39, 0.29) is 10.5 Å². The molecule has 1 aliphatic rings. The van der Waals surface area contributed by atoms with Crippen molar-refractivity contribution in [1.82, 2.24) is 0 Å². The molecule has 0 aromatic heterocycles. The Morgan fingerprint density at radius 3 is 2.31 bits per heavy atom. The number of hydrogen-bond acceptors (Lipinski definition) is 4. The van der Waals surface area contributed by atoms with Crippen LogP contribution < -0.4 is 10.0 Å². The molecular weight excluding hydrogens is 376 g/mol. The first-order chi connectivity index (χ1) is 12.3. The molecule has 0 radical (unpaired) electrons. The topological polar surface area (TPSA) is 101 Å². The minimum absolute atomic E-state index is 0.0872. The van der Waals surface area contributed by atoms with Crippen molar-refractivity contribution >= 4 is 33.3 Å². The first-order valence-electron chi connectivity index (χ1n) is 8.18. The molecule has 0 aliphatic carbocycles. The lowest BCUT2D eigenvalue weighted by atomic mass is 10.00. The van der Waals surface area contributed by atoms with Gasteiger partial charge in [-0.2, -0.15) is 0 Å². The van der Waals surface area contributed by atoms with Crippen LogP contribution in [0.3, 0.4) is 0 Å². The number of halogens is 1. The molecule has 2 aromatic carbocycles. The van der Waals surface area contributed by atoms with Crippen LogP contribution in [0.4, 0.5) is 5.69 Å². The van der Waals surface area contributed by atoms with Gasteiger partial charge in [-0.05, 0) is 48.2 Å². The molecule has 6 nitrogen and oxygen atoms in total. The second-order valence-electron chi connectivity index (χ2n) is 6.32. The Hall–Kier alpha value is -2.09. The summed E-state index contributed by atoms with van der Waals surface area (Å²) in [5.74, 6) is -1.19. The molecule has 0 spiro atoms. The number of nitrogens with two attached hydrogens (primary N) is 1. The first-order valence-corrected chi connectivity index (χ1v) is 10.1. The van der Waals surface area contributed by atoms with Crippen LogP contribution in [0.5, 0.6) is 0 Å². The number of carboxylic acids is 1. The second kappa shape index (κ2) is 7.26. The number of aromatic carboxylic acids is 1. The maximum atomic E-state index is 12.2. The van der Waals surface area contributed by atoms with E-state index in [9.17, 15) is 18.3 Å². The van der Waals surface area contributed by atoms with Crippen LogP contribution in [-0.2, 0) is 16.4 Å². The average Bonchev–Trinajstić information content (AvgIpc) is 3.10. The molecule has 0 bridgehead atoms. The third-order valence-electron chi connectivity index (χ3n) is 4.48. The normalized spacial score (nSPS) is 14.6. The molecule has 8 heteroatoms. The fourth-order valence-corrected chi connectivity index (χ4v) is 4.17. The molecule has 1 fully saturated rings. The van der Waals surface area contributed by atoms with Crippen molar-refractivity contribution in [3.8, 4) is 0 Å². The molecule has 1 aliphatic heterocycles. The number of sulfonamides is 1. The molecule has 1 heterocycles. The maximum absolute atomic E-state index is 12.2. The number of anilines is 1. The van der Waals surface area contributed by atoms with Crippen LogP contribution >= 0.6 is 11.6 Å². The van der Waals surface area contributed by atoms with Crippen LogP contribution in [0, 0.1) is 0 Å². The van der Waals surface area contributed by atoms with Gasteiger partial charge in [0, 0.05) is 30.2 Å². The summed E-state index contributed by atoms with van der Waals surface area (Å²) in [6.45, 7) is 1.50. The summed E-state index contributed by atoms with van der Waals surface area (Å²) in [6, 6.07) is 9.77. The van der Waals surface area contributed by atoms with Crippen molar-refractivity contribution in [2.45, 2.75) is 24.2 Å². The van der Waals surface area contributed by atoms with E-state index >= 15 is 0 Å². The third kappa shape index (κ3) is 4.00. The summed E-state index contributed by atoms with van der Waals surface area (Å²) in [7, 11) is -4.09. The standard InChI is InChI=1S/C18H19ClN2O4S/c19-14-5-3-12(4-6-14)9-15-16(21-7-1-2-8-21)10-13(18(22)23)11-17(15)26(20,24)25/h3-6,10-11H,1-2,7-9H2,(H,22,23)(H2,20,24,25). The predicted molar refractivity (Wildman–Crippen MR) is 100 cm³/mol. The van der Waals surface area contributed by atoms with Crippen molar-refractivity contribution in [2.24, 2.45) is 5.14 Å². The molecule has 0 unspecified atom stereocenters. The highest BCUT2D eigenvalue weighted by Crippen LogP contribution is 2.33. The minimum atomic E-state index is -4.09. The number of benzene rings is 2. The Bertz CT molecular complexity index is 936. The van der Waals surface area contributed by atoms with E-state index < -0.39 is 16.0 Å². The summed E-state index contributed by atoms with van der Waals surface area (Å²) in [5, 5.41) is 15.4. The Kier molecular flexibility index (Phi) is 5.22. The number of carbonyl (C=O) groups is 1. The molecule has 3 N–H and O–H groups in total. The van der Waals surface area contributed by atoms with E-state index in [0.717, 1.165) is 37.6 Å². The molecule has 2 aromatic rings. The van der Waals surface area contributed by atoms with E-state index in [4.69, 9.17) is 16.7 Å². The molecule has 3 rings (SSSR count). The van der Waals surface area contributed by atoms with Crippen molar-refractivity contribution in [1.29, 1.82) is 0 Å². The molecule has 26 heavy (non-hydrogen) atoms. The van der Waals surface area contributed by atoms with Crippen LogP contribution in [0.25, 0.3) is 0 Å². The highest BCUT2D eigenvalue weighted by molar-refractivity contribution is 7.89. The highest BCUT2D eigenvalue weighted by Gasteiger charge is 2.25. The number of nitrogens with zero attached hydrogens (tertiary/aromatic N) is 1. The lowest BCUT2D eigenvalue weighted by Gasteiger charge is -2.24. The lowest BCUT2D eigenvalue weighted by Crippen LogP contribution is -2.23. The fraction of sp³-hybridized carbons (Fsp3) is 0.278. The highest BCUT2D eigenvalue weighted by atomic mass is 35.5. The molecule has 138 valence electrons. The van der Waals surface area contributed by atoms with Gasteiger partial charge >= 0.3 is 5.97 Å². The Morgan fingerprint density at radius 2 is 1.77 bits per heavy atom. The summed E-state index contributed by atoms with van der Waals surface area (Å²) >= 11 is 5.92. The molecule has 0 saturated carbocycles. The maximum Gasteiger partial charge on any atom is 0.335 e. The van der Waals surface area contributed by atoms with Crippen molar-refractivity contribution in [3.05, 3.63) is 58.1 Å². The van der Waals surface area contributed by atoms with Gasteiger partial charge in [-0.1, -0.05) is 23.7 Å². The van der Waals surface area contributed by atoms with Gasteiger partial charge in [0.1, 0.15) is 0 Å². The van der Waals surface area contributed by atoms with Gasteiger partial charge in [-0.15, -0.1) is 0 Å². The van der Waals surface area contributed by atoms with Gasteiger partial charge in [0.25, 0.3) is 0 Å². The van der Waals surface area contributed by atoms with Gasteiger partial charge in [0.2, 0.25) is 10.0 Å². The largest absolute Gasteiger partial charge is 0.478 e. The zero-order valence-corrected chi connectivity index (χ0v) is 15.6. The van der Waals surface area contributed by atoms with Gasteiger partial charge < -0.3 is 10.0 Å². The zero-order chi connectivity index (χ0) is 18.9. The quantitative estimate of drug-likeness (QED) is 0.812. The van der Waals surface area contributed by atoms with Crippen molar-refractivity contribution in [3.63, 3.8) is 0 Å². The van der Waals surface area contributed by atoms with Crippen LogP contribution in [0.15, 0.2) is 41.3 Å². The van der Waals surface area contributed by atoms with Crippen molar-refractivity contribution in [2.75, 3.05) is 18.0 Å². The van der Waals surface area contributed by atoms with Gasteiger partial charge in [0.05, 0.1) is 10.5 Å². The van der Waals surface area contributed by atoms with E-state index in [0.29, 0.717) is 22.7 Å². The van der Waals surface area contributed by atoms with Gasteiger partial charge in [-0.3, -0.25) is 0 Å². The SMILES string of the molecule is NS(=O)(=O)c1cc(C(=O)O)cc(N2CCCC2)c1Cc1ccc(Cl)cc1. The lowest BCUT2D eigenvalue weighted by molar-refractivity contribution is 0.0696. The van der Waals surface area contributed by atoms with Crippen LogP contribution in [-0.4, -0.2) is 32.6 Å². The molecule has 0 atom stereocenters. The molecular formula is C18H19ClN2O4S. The molecule has 0 amide bonds. The number of hydrogen-bond donors (Lipinski definition) is 2. The zero-order valence-electron chi connectivity index (χ0n) is 14.0. The van der Waals surface area contributed by atoms with E-state index in [2.05, 4.69) is 0 Å². The number of primary sulfonamides is 1. The minimum Gasteiger partial charge on any atom is -0.478 e. The average molecular weight is 395 g/mol. The number of rotatable bonds is 5. The summed E-state index contributed by atoms with van der Waals surface area (Å²) in [4.78, 5) is 13.4. The molecule has 1 saturated heterocycles. The van der Waals surface area contributed by atoms with Gasteiger partial charge in [-0.25, -0.2) is 18.4 Å². The van der Waals surface area contributed by atoms with E-state index in [1.165, 1.54) is 6.07 Å². The van der Waals surface area contributed by atoms with Crippen LogP contribution in [0.2, 0.25) is 5.02 Å². The Balaban J connectivity index is 2.20. The first kappa shape index (κ1) is 18.7. The smallest absolute Gasteiger partial charge is 0.335 e. The third-order valence-corrected chi connectivity index (χ3v) is 5.71. The Labute approximate surface area is 157 Å². The summed E-state index contributed by atoms with van der Waals surface area (Å²) in [5.41, 5.74) is 1.90. The van der Waals surface area contributed by atoms with Crippen LogP contribution in [0.1, 0.15) is 34.3 Å². The predicted octanol–water partition coefficient (Wildman–Crippen LogP) is 2.88. The van der Waals surface area contributed by atoms with E-state index in [1.54, 1.807) is 12.1 Å². The Morgan fingerprint density at radius 1 is 1.15 bits per heavy atom. The van der Waals surface area contributed by atoms with Crippen molar-refractivity contribution < 1.29 is 18.3 Å². The summed E-state index contributed by atoms with van der Waals surface area (Å²) in [6.07, 6.45) is 2.26. The summed E-state index contributed by atoms with van der Waals surface area (Å²) < 4.78 is 24.4. The van der Waals surface area contributed by atoms with Gasteiger partial charge in [0.15, 0.2) is 0 Å². The van der Waals surface area contributed by atoms with E-state index in [1.807, 2.05) is 17.0 Å². The number of carboxylic acid groups (broad SMARTS) is 1. The second-order valence-corrected chi connectivity index (χ2v) is 8.29. The fourth-order valence-electron chi connectivity index (χ4n) is 3.23. The monoisotopic (exact) mass is 394 g/mol.